The smallest absolute Gasteiger partial charge is 0.307 e. The number of Topliss-reactive ketones (excluding diaryl/α,β-unsaturated/α-hetero) is 2. The predicted octanol–water partition coefficient (Wildman–Crippen LogP) is 4.46. The molecule has 1 aromatic rings. The van der Waals surface area contributed by atoms with Crippen LogP contribution in [0.15, 0.2) is 30.3 Å². The Kier molecular flexibility index (Phi) is 17.3. The summed E-state index contributed by atoms with van der Waals surface area (Å²) in [6.07, 6.45) is 0.797. The zero-order valence-corrected chi connectivity index (χ0v) is 34.4. The van der Waals surface area contributed by atoms with Crippen molar-refractivity contribution in [2.75, 3.05) is 41.9 Å². The third kappa shape index (κ3) is 11.9. The van der Waals surface area contributed by atoms with Gasteiger partial charge >= 0.3 is 5.97 Å². The molecule has 2 rings (SSSR count). The minimum Gasteiger partial charge on any atom is -0.481 e. The number of benzene rings is 1. The maximum Gasteiger partial charge on any atom is 0.307 e. The van der Waals surface area contributed by atoms with Crippen LogP contribution >= 0.6 is 0 Å². The molecule has 0 aliphatic carbocycles. The molecule has 0 bridgehead atoms. The van der Waals surface area contributed by atoms with Crippen molar-refractivity contribution in [1.29, 1.82) is 0 Å². The number of methoxy groups -OCH3 is 2. The summed E-state index contributed by atoms with van der Waals surface area (Å²) in [4.78, 5) is 72.9. The van der Waals surface area contributed by atoms with Crippen molar-refractivity contribution >= 4 is 29.4 Å². The van der Waals surface area contributed by atoms with E-state index < -0.39 is 59.1 Å². The van der Waals surface area contributed by atoms with E-state index in [-0.39, 0.29) is 55.0 Å². The van der Waals surface area contributed by atoms with Gasteiger partial charge in [0.2, 0.25) is 11.8 Å². The van der Waals surface area contributed by atoms with Gasteiger partial charge in [-0.3, -0.25) is 28.9 Å². The van der Waals surface area contributed by atoms with E-state index in [0.717, 1.165) is 12.0 Å². The third-order valence-electron chi connectivity index (χ3n) is 11.9. The Balaban J connectivity index is 2.30. The summed E-state index contributed by atoms with van der Waals surface area (Å²) in [6, 6.07) is 8.35. The number of carboxylic acids is 1. The van der Waals surface area contributed by atoms with Crippen LogP contribution < -0.4 is 5.73 Å². The van der Waals surface area contributed by atoms with Gasteiger partial charge in [0.15, 0.2) is 5.78 Å². The first-order valence-corrected chi connectivity index (χ1v) is 19.0. The first-order valence-electron chi connectivity index (χ1n) is 19.0. The molecule has 8 atom stereocenters. The molecule has 1 fully saturated rings. The monoisotopic (exact) mass is 745 g/mol. The number of rotatable bonds is 22. The lowest BCUT2D eigenvalue weighted by Gasteiger charge is -2.42. The van der Waals surface area contributed by atoms with Gasteiger partial charge in [-0.15, -0.1) is 0 Å². The number of carbonyl (C=O) groups excluding carboxylic acids is 4. The van der Waals surface area contributed by atoms with E-state index in [4.69, 9.17) is 15.2 Å². The van der Waals surface area contributed by atoms with Gasteiger partial charge in [0.1, 0.15) is 5.78 Å². The summed E-state index contributed by atoms with van der Waals surface area (Å²) < 4.78 is 11.9. The molecule has 0 unspecified atom stereocenters. The number of carboxylic acid groups (broad SMARTS) is 1. The number of likely N-dealkylation sites (tertiary alicyclic amines) is 1. The summed E-state index contributed by atoms with van der Waals surface area (Å²) in [5.41, 5.74) is 5.62. The zero-order chi connectivity index (χ0) is 40.4. The Bertz CT molecular complexity index is 1380. The minimum absolute atomic E-state index is 0.0141. The molecule has 300 valence electrons. The maximum absolute atomic E-state index is 14.3. The van der Waals surface area contributed by atoms with Gasteiger partial charge in [0.05, 0.1) is 48.1 Å². The van der Waals surface area contributed by atoms with Crippen molar-refractivity contribution in [2.24, 2.45) is 29.4 Å². The average molecular weight is 745 g/mol. The average Bonchev–Trinajstić information content (AvgIpc) is 3.59. The number of hydrogen-bond donors (Lipinski definition) is 2. The van der Waals surface area contributed by atoms with Crippen LogP contribution in [0.2, 0.25) is 0 Å². The standard InChI is InChI=1S/C41H68N4O8/c1-13-26(2)36(44(10)38(49)30(40(4,5)42)24-34(47)41(6,7)43(8)9)33(52-11)25-35(48)45-21-17-20-31(45)37(53-12)27(3)32(46)23-29(39(50)51)22-28-18-15-14-16-19-28/h14-16,18-19,26-27,29-31,33,36-37H,13,17,20-25,42H2,1-12H3,(H,50,51)/t26-,27-,29+,30+,31-,33+,36-,37+/m0/s1. The number of amides is 2. The SMILES string of the molecule is CC[C@H](C)[C@@H]([C@@H](CC(=O)N1CCC[C@H]1[C@H](OC)[C@@H](C)C(=O)C[C@@H](Cc1ccccc1)C(=O)O)OC)N(C)C(=O)[C@@H](CC(=O)C(C)(C)N(C)C)C(C)(C)N. The van der Waals surface area contributed by atoms with E-state index in [2.05, 4.69) is 0 Å². The molecule has 1 saturated heterocycles. The van der Waals surface area contributed by atoms with Crippen molar-refractivity contribution in [3.05, 3.63) is 35.9 Å². The van der Waals surface area contributed by atoms with Gasteiger partial charge in [-0.2, -0.15) is 0 Å². The molecule has 53 heavy (non-hydrogen) atoms. The fourth-order valence-electron chi connectivity index (χ4n) is 7.51. The number of nitrogens with zero attached hydrogens (tertiary/aromatic N) is 3. The number of aliphatic carboxylic acids is 1. The van der Waals surface area contributed by atoms with Crippen LogP contribution in [-0.4, -0.2) is 126 Å². The Morgan fingerprint density at radius 1 is 0.962 bits per heavy atom. The molecule has 0 spiro atoms. The molecule has 0 aromatic heterocycles. The Morgan fingerprint density at radius 2 is 1.57 bits per heavy atom. The van der Waals surface area contributed by atoms with Crippen LogP contribution in [0, 0.1) is 23.7 Å². The molecule has 12 heteroatoms. The lowest BCUT2D eigenvalue weighted by molar-refractivity contribution is -0.150. The number of likely N-dealkylation sites (N-methyl/N-ethyl adjacent to an activating group) is 2. The van der Waals surface area contributed by atoms with Gasteiger partial charge in [0, 0.05) is 52.1 Å². The normalized spacial score (nSPS) is 19.2. The molecule has 1 aliphatic heterocycles. The van der Waals surface area contributed by atoms with E-state index >= 15 is 0 Å². The van der Waals surface area contributed by atoms with E-state index in [1.807, 2.05) is 77.0 Å². The van der Waals surface area contributed by atoms with E-state index in [1.54, 1.807) is 37.6 Å². The Labute approximate surface area is 318 Å². The Hall–Kier alpha value is -3.19. The summed E-state index contributed by atoms with van der Waals surface area (Å²) >= 11 is 0. The molecule has 1 aliphatic rings. The van der Waals surface area contributed by atoms with Crippen molar-refractivity contribution in [1.82, 2.24) is 14.7 Å². The predicted molar refractivity (Wildman–Crippen MR) is 206 cm³/mol. The van der Waals surface area contributed by atoms with Gasteiger partial charge in [-0.1, -0.05) is 57.5 Å². The highest BCUT2D eigenvalue weighted by molar-refractivity contribution is 5.92. The summed E-state index contributed by atoms with van der Waals surface area (Å²) in [5.74, 6) is -4.21. The molecule has 2 amide bonds. The van der Waals surface area contributed by atoms with Crippen LogP contribution in [0.4, 0.5) is 0 Å². The molecule has 12 nitrogen and oxygen atoms in total. The molecule has 0 radical (unpaired) electrons. The number of ether oxygens (including phenoxy) is 2. The van der Waals surface area contributed by atoms with Crippen LogP contribution in [0.5, 0.6) is 0 Å². The lowest BCUT2D eigenvalue weighted by atomic mass is 9.79. The molecule has 0 saturated carbocycles. The molecular weight excluding hydrogens is 676 g/mol. The fraction of sp³-hybridized carbons (Fsp3) is 0.732. The fourth-order valence-corrected chi connectivity index (χ4v) is 7.51. The summed E-state index contributed by atoms with van der Waals surface area (Å²) in [6.45, 7) is 13.4. The van der Waals surface area contributed by atoms with Crippen LogP contribution in [0.25, 0.3) is 0 Å². The minimum atomic E-state index is -1.03. The lowest BCUT2D eigenvalue weighted by Crippen LogP contribution is -2.58. The van der Waals surface area contributed by atoms with Gasteiger partial charge < -0.3 is 30.1 Å². The van der Waals surface area contributed by atoms with Crippen LogP contribution in [0.3, 0.4) is 0 Å². The van der Waals surface area contributed by atoms with Crippen LogP contribution in [-0.2, 0) is 39.9 Å². The van der Waals surface area contributed by atoms with E-state index in [9.17, 15) is 29.1 Å². The topological polar surface area (TPSA) is 160 Å². The van der Waals surface area contributed by atoms with Gasteiger partial charge in [-0.05, 0) is 72.5 Å². The third-order valence-corrected chi connectivity index (χ3v) is 11.9. The summed E-state index contributed by atoms with van der Waals surface area (Å²) in [5, 5.41) is 9.93. The number of ketones is 2. The second kappa shape index (κ2) is 19.9. The first kappa shape index (κ1) is 46.0. The van der Waals surface area contributed by atoms with Crippen molar-refractivity contribution in [3.8, 4) is 0 Å². The largest absolute Gasteiger partial charge is 0.481 e. The van der Waals surface area contributed by atoms with Crippen molar-refractivity contribution < 1.29 is 38.6 Å². The van der Waals surface area contributed by atoms with E-state index in [0.29, 0.717) is 19.4 Å². The maximum atomic E-state index is 14.3. The second-order valence-corrected chi connectivity index (χ2v) is 16.4. The zero-order valence-electron chi connectivity index (χ0n) is 34.4. The molecular formula is C41H68N4O8. The van der Waals surface area contributed by atoms with Gasteiger partial charge in [0.25, 0.3) is 0 Å². The van der Waals surface area contributed by atoms with Crippen LogP contribution in [0.1, 0.15) is 92.6 Å². The highest BCUT2D eigenvalue weighted by atomic mass is 16.5. The second-order valence-electron chi connectivity index (χ2n) is 16.4. The van der Waals surface area contributed by atoms with E-state index in [1.165, 1.54) is 14.2 Å². The number of hydrogen-bond acceptors (Lipinski definition) is 9. The molecule has 1 heterocycles. The van der Waals surface area contributed by atoms with Gasteiger partial charge in [-0.25, -0.2) is 0 Å². The number of carbonyl (C=O) groups is 5. The Morgan fingerprint density at radius 3 is 2.06 bits per heavy atom. The highest BCUT2D eigenvalue weighted by Gasteiger charge is 2.45. The highest BCUT2D eigenvalue weighted by Crippen LogP contribution is 2.32. The van der Waals surface area contributed by atoms with Crippen molar-refractivity contribution in [3.63, 3.8) is 0 Å². The quantitative estimate of drug-likeness (QED) is 0.174. The molecule has 1 aromatic carbocycles. The summed E-state index contributed by atoms with van der Waals surface area (Å²) in [7, 11) is 8.41. The number of nitrogens with two attached hydrogens (primary N) is 1. The van der Waals surface area contributed by atoms with Crippen molar-refractivity contribution in [2.45, 2.75) is 129 Å². The first-order chi connectivity index (χ1) is 24.6. The molecule has 3 N–H and O–H groups in total.